The first-order valence-electron chi connectivity index (χ1n) is 6.66. The number of sulfonamides is 1. The Kier molecular flexibility index (Phi) is 5.18. The minimum Gasteiger partial charge on any atom is -0.334 e. The molecule has 1 heterocycles. The molecule has 7 heteroatoms. The van der Waals surface area contributed by atoms with Gasteiger partial charge in [0.2, 0.25) is 0 Å². The van der Waals surface area contributed by atoms with Gasteiger partial charge in [-0.2, -0.15) is 0 Å². The number of alkyl halides is 1. The maximum absolute atomic E-state index is 12.2. The van der Waals surface area contributed by atoms with Crippen molar-refractivity contribution in [2.75, 3.05) is 6.54 Å². The van der Waals surface area contributed by atoms with Crippen LogP contribution in [0.3, 0.4) is 0 Å². The normalized spacial score (nSPS) is 13.3. The van der Waals surface area contributed by atoms with Crippen LogP contribution < -0.4 is 4.72 Å². The topological polar surface area (TPSA) is 64.0 Å². The number of benzene rings is 1. The minimum atomic E-state index is -3.59. The molecule has 2 rings (SSSR count). The van der Waals surface area contributed by atoms with Crippen LogP contribution in [-0.4, -0.2) is 24.5 Å². The van der Waals surface area contributed by atoms with Crippen molar-refractivity contribution in [1.82, 2.24) is 14.3 Å². The minimum absolute atomic E-state index is 0.0645. The largest absolute Gasteiger partial charge is 0.334 e. The van der Waals surface area contributed by atoms with E-state index in [9.17, 15) is 8.42 Å². The van der Waals surface area contributed by atoms with Crippen LogP contribution in [-0.2, 0) is 16.6 Å². The first-order chi connectivity index (χ1) is 9.94. The third-order valence-electron chi connectivity index (χ3n) is 3.18. The molecule has 2 aromatic rings. The molecule has 1 atom stereocenters. The summed E-state index contributed by atoms with van der Waals surface area (Å²) in [5.74, 6) is 0.691. The molecule has 0 saturated heterocycles. The van der Waals surface area contributed by atoms with E-state index in [0.29, 0.717) is 12.4 Å². The molecule has 114 valence electrons. The number of rotatable bonds is 6. The summed E-state index contributed by atoms with van der Waals surface area (Å²) >= 11 is 3.49. The van der Waals surface area contributed by atoms with Gasteiger partial charge in [0.05, 0.1) is 4.83 Å². The van der Waals surface area contributed by atoms with Crippen LogP contribution in [0, 0.1) is 6.92 Å². The highest BCUT2D eigenvalue weighted by Crippen LogP contribution is 2.22. The SMILES string of the molecule is CCn1cc(S(=O)(=O)NCC(Br)c2ccccc2)nc1C. The third-order valence-corrected chi connectivity index (χ3v) is 5.33. The Bertz CT molecular complexity index is 698. The summed E-state index contributed by atoms with van der Waals surface area (Å²) in [5, 5.41) is 0.0645. The van der Waals surface area contributed by atoms with E-state index in [1.54, 1.807) is 17.7 Å². The average Bonchev–Trinajstić information content (AvgIpc) is 2.88. The van der Waals surface area contributed by atoms with E-state index in [2.05, 4.69) is 25.6 Å². The predicted octanol–water partition coefficient (Wildman–Crippen LogP) is 2.63. The molecular weight excluding hydrogens is 354 g/mol. The van der Waals surface area contributed by atoms with Gasteiger partial charge in [0.25, 0.3) is 10.0 Å². The zero-order valence-corrected chi connectivity index (χ0v) is 14.4. The van der Waals surface area contributed by atoms with E-state index in [-0.39, 0.29) is 16.4 Å². The summed E-state index contributed by atoms with van der Waals surface area (Å²) in [7, 11) is -3.59. The van der Waals surface area contributed by atoms with Gasteiger partial charge in [0.15, 0.2) is 5.03 Å². The average molecular weight is 372 g/mol. The molecule has 21 heavy (non-hydrogen) atoms. The van der Waals surface area contributed by atoms with Crippen LogP contribution >= 0.6 is 15.9 Å². The molecular formula is C14H18BrN3O2S. The van der Waals surface area contributed by atoms with Gasteiger partial charge in [0.1, 0.15) is 5.82 Å². The highest BCUT2D eigenvalue weighted by atomic mass is 79.9. The van der Waals surface area contributed by atoms with E-state index >= 15 is 0 Å². The second-order valence-corrected chi connectivity index (χ2v) is 7.46. The third kappa shape index (κ3) is 3.93. The fraction of sp³-hybridized carbons (Fsp3) is 0.357. The van der Waals surface area contributed by atoms with Gasteiger partial charge >= 0.3 is 0 Å². The standard InChI is InChI=1S/C14H18BrN3O2S/c1-3-18-10-14(17-11(18)2)21(19,20)16-9-13(15)12-7-5-4-6-8-12/h4-8,10,13,16H,3,9H2,1-2H3. The molecule has 0 bridgehead atoms. The summed E-state index contributed by atoms with van der Waals surface area (Å²) in [6.45, 7) is 4.70. The van der Waals surface area contributed by atoms with E-state index in [1.165, 1.54) is 0 Å². The molecule has 0 saturated carbocycles. The van der Waals surface area contributed by atoms with Crippen LogP contribution in [0.2, 0.25) is 0 Å². The van der Waals surface area contributed by atoms with Gasteiger partial charge in [-0.1, -0.05) is 46.3 Å². The van der Waals surface area contributed by atoms with Crippen LogP contribution in [0.1, 0.15) is 23.1 Å². The number of halogens is 1. The van der Waals surface area contributed by atoms with Crippen LogP contribution in [0.4, 0.5) is 0 Å². The van der Waals surface area contributed by atoms with Crippen molar-refractivity contribution >= 4 is 26.0 Å². The van der Waals surface area contributed by atoms with Gasteiger partial charge in [-0.15, -0.1) is 0 Å². The zero-order chi connectivity index (χ0) is 15.5. The number of hydrogen-bond donors (Lipinski definition) is 1. The van der Waals surface area contributed by atoms with E-state index in [0.717, 1.165) is 5.56 Å². The van der Waals surface area contributed by atoms with Crippen LogP contribution in [0.5, 0.6) is 0 Å². The van der Waals surface area contributed by atoms with Crippen molar-refractivity contribution in [3.63, 3.8) is 0 Å². The lowest BCUT2D eigenvalue weighted by atomic mass is 10.2. The summed E-state index contributed by atoms with van der Waals surface area (Å²) in [5.41, 5.74) is 1.02. The first-order valence-corrected chi connectivity index (χ1v) is 9.06. The van der Waals surface area contributed by atoms with Gasteiger partial charge in [0, 0.05) is 19.3 Å². The molecule has 0 radical (unpaired) electrons. The Hall–Kier alpha value is -1.18. The molecule has 1 unspecified atom stereocenters. The Morgan fingerprint density at radius 2 is 2.00 bits per heavy atom. The number of nitrogens with zero attached hydrogens (tertiary/aromatic N) is 2. The van der Waals surface area contributed by atoms with E-state index < -0.39 is 10.0 Å². The number of hydrogen-bond acceptors (Lipinski definition) is 3. The maximum atomic E-state index is 12.2. The van der Waals surface area contributed by atoms with Gasteiger partial charge in [-0.25, -0.2) is 18.1 Å². The summed E-state index contributed by atoms with van der Waals surface area (Å²) in [6.07, 6.45) is 1.56. The lowest BCUT2D eigenvalue weighted by Crippen LogP contribution is -2.27. The number of aryl methyl sites for hydroxylation is 2. The summed E-state index contributed by atoms with van der Waals surface area (Å²) < 4.78 is 28.9. The molecule has 0 spiro atoms. The van der Waals surface area contributed by atoms with E-state index in [4.69, 9.17) is 0 Å². The first kappa shape index (κ1) is 16.2. The molecule has 0 amide bonds. The Labute approximate surface area is 133 Å². The molecule has 1 aromatic heterocycles. The Balaban J connectivity index is 2.07. The van der Waals surface area contributed by atoms with Crippen LogP contribution in [0.25, 0.3) is 0 Å². The van der Waals surface area contributed by atoms with Crippen molar-refractivity contribution in [2.45, 2.75) is 30.2 Å². The van der Waals surface area contributed by atoms with Gasteiger partial charge < -0.3 is 4.57 Å². The monoisotopic (exact) mass is 371 g/mol. The quantitative estimate of drug-likeness (QED) is 0.793. The highest BCUT2D eigenvalue weighted by Gasteiger charge is 2.20. The molecule has 5 nitrogen and oxygen atoms in total. The molecule has 1 aromatic carbocycles. The maximum Gasteiger partial charge on any atom is 0.259 e. The number of aromatic nitrogens is 2. The summed E-state index contributed by atoms with van der Waals surface area (Å²) in [6, 6.07) is 9.66. The second-order valence-electron chi connectivity index (χ2n) is 4.64. The highest BCUT2D eigenvalue weighted by molar-refractivity contribution is 9.09. The fourth-order valence-corrected chi connectivity index (χ4v) is 3.70. The molecule has 1 N–H and O–H groups in total. The number of imidazole rings is 1. The Morgan fingerprint density at radius 1 is 1.33 bits per heavy atom. The summed E-state index contributed by atoms with van der Waals surface area (Å²) in [4.78, 5) is 4.02. The van der Waals surface area contributed by atoms with Crippen molar-refractivity contribution in [1.29, 1.82) is 0 Å². The predicted molar refractivity (Wildman–Crippen MR) is 85.9 cm³/mol. The van der Waals surface area contributed by atoms with Crippen molar-refractivity contribution in [3.8, 4) is 0 Å². The van der Waals surface area contributed by atoms with E-state index in [1.807, 2.05) is 37.3 Å². The molecule has 0 aliphatic rings. The zero-order valence-electron chi connectivity index (χ0n) is 12.0. The lowest BCUT2D eigenvalue weighted by molar-refractivity contribution is 0.578. The molecule has 0 fully saturated rings. The Morgan fingerprint density at radius 3 is 2.57 bits per heavy atom. The number of nitrogens with one attached hydrogen (secondary N) is 1. The van der Waals surface area contributed by atoms with Crippen LogP contribution in [0.15, 0.2) is 41.6 Å². The van der Waals surface area contributed by atoms with Gasteiger partial charge in [-0.05, 0) is 19.4 Å². The molecule has 0 aliphatic heterocycles. The van der Waals surface area contributed by atoms with Crippen molar-refractivity contribution in [3.05, 3.63) is 47.9 Å². The fourth-order valence-electron chi connectivity index (χ4n) is 1.97. The second kappa shape index (κ2) is 6.72. The smallest absolute Gasteiger partial charge is 0.259 e. The molecule has 0 aliphatic carbocycles. The van der Waals surface area contributed by atoms with Crippen molar-refractivity contribution < 1.29 is 8.42 Å². The lowest BCUT2D eigenvalue weighted by Gasteiger charge is -2.10. The van der Waals surface area contributed by atoms with Gasteiger partial charge in [-0.3, -0.25) is 0 Å². The van der Waals surface area contributed by atoms with Crippen molar-refractivity contribution in [2.24, 2.45) is 0 Å².